The van der Waals surface area contributed by atoms with Gasteiger partial charge in [-0.1, -0.05) is 84.9 Å². The lowest BCUT2D eigenvalue weighted by atomic mass is 9.95. The molecule has 0 bridgehead atoms. The fourth-order valence-electron chi connectivity index (χ4n) is 7.37. The highest BCUT2D eigenvalue weighted by Crippen LogP contribution is 2.49. The second kappa shape index (κ2) is 8.21. The molecule has 0 amide bonds. The van der Waals surface area contributed by atoms with E-state index in [1.165, 1.54) is 0 Å². The topological polar surface area (TPSA) is 69.9 Å². The first-order valence-corrected chi connectivity index (χ1v) is 15.0. The fourth-order valence-corrected chi connectivity index (χ4v) is 7.37. The highest BCUT2D eigenvalue weighted by molar-refractivity contribution is 6.41. The molecule has 7 aromatic carbocycles. The number of fused-ring (bicyclic) bond motifs is 1. The Hall–Kier alpha value is -6.27. The Balaban J connectivity index is 1.38. The zero-order valence-corrected chi connectivity index (χ0v) is 23.7. The van der Waals surface area contributed by atoms with Gasteiger partial charge in [0.2, 0.25) is 5.95 Å². The van der Waals surface area contributed by atoms with Crippen molar-refractivity contribution >= 4 is 76.5 Å². The van der Waals surface area contributed by atoms with E-state index in [2.05, 4.69) is 65.2 Å². The maximum Gasteiger partial charge on any atom is 0.238 e. The predicted octanol–water partition coefficient (Wildman–Crippen LogP) is 10.1. The maximum atomic E-state index is 6.52. The van der Waals surface area contributed by atoms with Crippen molar-refractivity contribution in [2.45, 2.75) is 0 Å². The molecule has 11 aromatic rings. The van der Waals surface area contributed by atoms with E-state index in [0.717, 1.165) is 87.6 Å². The number of benzene rings is 6. The Morgan fingerprint density at radius 2 is 0.844 bits per heavy atom. The van der Waals surface area contributed by atoms with Crippen LogP contribution in [0.3, 0.4) is 0 Å². The summed E-state index contributed by atoms with van der Waals surface area (Å²) in [4.78, 5) is 15.2. The Kier molecular flexibility index (Phi) is 4.24. The molecule has 4 heterocycles. The van der Waals surface area contributed by atoms with Crippen LogP contribution >= 0.6 is 0 Å². The third-order valence-electron chi connectivity index (χ3n) is 9.19. The standard InChI is InChI=1S/C39H20N4O2/c1-3-9-21(10-4-1)37-40-38(22-11-5-2-6-12-22)42-39(41-37)43-25-17-19-29-35-31-23(13-7-15-27(31)44-29)24-14-8-16-28-32(24)36-30(45-28)20-18-26(43)34(36)33(25)35/h1-20H. The molecule has 45 heavy (non-hydrogen) atoms. The largest absolute Gasteiger partial charge is 0.456 e. The van der Waals surface area contributed by atoms with Crippen LogP contribution in [0.4, 0.5) is 0 Å². The molecule has 0 unspecified atom stereocenters. The normalized spacial score (nSPS) is 12.4. The van der Waals surface area contributed by atoms with Gasteiger partial charge in [-0.15, -0.1) is 0 Å². The molecule has 0 saturated heterocycles. The molecule has 6 nitrogen and oxygen atoms in total. The maximum absolute atomic E-state index is 6.52. The van der Waals surface area contributed by atoms with E-state index in [1.54, 1.807) is 0 Å². The van der Waals surface area contributed by atoms with Gasteiger partial charge in [0, 0.05) is 43.4 Å². The van der Waals surface area contributed by atoms with Crippen LogP contribution in [-0.2, 0) is 0 Å². The van der Waals surface area contributed by atoms with Crippen molar-refractivity contribution in [2.75, 3.05) is 0 Å². The van der Waals surface area contributed by atoms with Crippen LogP contribution in [0.1, 0.15) is 0 Å². The Bertz CT molecular complexity index is 2720. The van der Waals surface area contributed by atoms with E-state index in [1.807, 2.05) is 60.7 Å². The van der Waals surface area contributed by atoms with Crippen LogP contribution in [0.2, 0.25) is 0 Å². The molecule has 0 aliphatic heterocycles. The molecule has 0 fully saturated rings. The Labute approximate surface area is 254 Å². The average molecular weight is 577 g/mol. The van der Waals surface area contributed by atoms with Gasteiger partial charge in [0.1, 0.15) is 22.3 Å². The number of hydrogen-bond acceptors (Lipinski definition) is 5. The molecule has 0 saturated carbocycles. The number of furan rings is 2. The molecule has 0 N–H and O–H groups in total. The first-order valence-electron chi connectivity index (χ1n) is 15.0. The number of rotatable bonds is 3. The number of hydrogen-bond donors (Lipinski definition) is 0. The molecular formula is C39H20N4O2. The second-order valence-corrected chi connectivity index (χ2v) is 11.6. The smallest absolute Gasteiger partial charge is 0.238 e. The number of aromatic nitrogens is 4. The van der Waals surface area contributed by atoms with Crippen LogP contribution < -0.4 is 0 Å². The van der Waals surface area contributed by atoms with Gasteiger partial charge >= 0.3 is 0 Å². The highest BCUT2D eigenvalue weighted by atomic mass is 16.3. The summed E-state index contributed by atoms with van der Waals surface area (Å²) in [6.07, 6.45) is 0. The summed E-state index contributed by atoms with van der Waals surface area (Å²) >= 11 is 0. The van der Waals surface area contributed by atoms with E-state index in [9.17, 15) is 0 Å². The lowest BCUT2D eigenvalue weighted by Gasteiger charge is -2.10. The minimum absolute atomic E-state index is 0.557. The SMILES string of the molecule is c1ccc(-c2nc(-c3ccccc3)nc(-n3c4ccc5oc6cccc7c8cccc9oc%10ccc3c(c%10c98)c4c5c67)n2)cc1. The summed E-state index contributed by atoms with van der Waals surface area (Å²) in [5, 5.41) is 8.91. The molecule has 208 valence electrons. The van der Waals surface area contributed by atoms with E-state index in [-0.39, 0.29) is 0 Å². The lowest BCUT2D eigenvalue weighted by molar-refractivity contribution is 0.669. The van der Waals surface area contributed by atoms with Crippen LogP contribution in [0.25, 0.3) is 105 Å². The van der Waals surface area contributed by atoms with Crippen LogP contribution in [0.5, 0.6) is 0 Å². The summed E-state index contributed by atoms with van der Waals surface area (Å²) < 4.78 is 15.2. The Morgan fingerprint density at radius 1 is 0.378 bits per heavy atom. The van der Waals surface area contributed by atoms with Gasteiger partial charge < -0.3 is 8.83 Å². The van der Waals surface area contributed by atoms with Crippen molar-refractivity contribution in [2.24, 2.45) is 0 Å². The van der Waals surface area contributed by atoms with E-state index in [0.29, 0.717) is 17.6 Å². The van der Waals surface area contributed by atoms with Gasteiger partial charge in [0.05, 0.1) is 11.0 Å². The minimum atomic E-state index is 0.557. The molecule has 0 aliphatic carbocycles. The summed E-state index contributed by atoms with van der Waals surface area (Å²) in [6, 6.07) is 41.2. The van der Waals surface area contributed by atoms with Gasteiger partial charge in [-0.25, -0.2) is 4.98 Å². The second-order valence-electron chi connectivity index (χ2n) is 11.6. The van der Waals surface area contributed by atoms with Gasteiger partial charge in [-0.05, 0) is 47.2 Å². The third-order valence-corrected chi connectivity index (χ3v) is 9.19. The van der Waals surface area contributed by atoms with Crippen molar-refractivity contribution < 1.29 is 8.83 Å². The van der Waals surface area contributed by atoms with Crippen molar-refractivity contribution in [1.82, 2.24) is 19.5 Å². The van der Waals surface area contributed by atoms with Crippen molar-refractivity contribution in [3.63, 3.8) is 0 Å². The highest BCUT2D eigenvalue weighted by Gasteiger charge is 2.27. The quantitative estimate of drug-likeness (QED) is 0.209. The van der Waals surface area contributed by atoms with Crippen LogP contribution in [0.15, 0.2) is 130 Å². The first kappa shape index (κ1) is 23.2. The van der Waals surface area contributed by atoms with Crippen molar-refractivity contribution in [1.29, 1.82) is 0 Å². The van der Waals surface area contributed by atoms with Crippen LogP contribution in [0, 0.1) is 0 Å². The van der Waals surface area contributed by atoms with Crippen LogP contribution in [-0.4, -0.2) is 19.5 Å². The van der Waals surface area contributed by atoms with Gasteiger partial charge in [-0.2, -0.15) is 9.97 Å². The molecule has 4 aromatic heterocycles. The number of nitrogens with zero attached hydrogens (tertiary/aromatic N) is 4. The van der Waals surface area contributed by atoms with Gasteiger partial charge in [-0.3, -0.25) is 4.57 Å². The van der Waals surface area contributed by atoms with Gasteiger partial charge in [0.25, 0.3) is 0 Å². The monoisotopic (exact) mass is 576 g/mol. The minimum Gasteiger partial charge on any atom is -0.456 e. The predicted molar refractivity (Wildman–Crippen MR) is 179 cm³/mol. The average Bonchev–Trinajstić information content (AvgIpc) is 3.77. The van der Waals surface area contributed by atoms with E-state index >= 15 is 0 Å². The lowest BCUT2D eigenvalue weighted by Crippen LogP contribution is -2.06. The summed E-state index contributed by atoms with van der Waals surface area (Å²) in [5.41, 5.74) is 7.29. The van der Waals surface area contributed by atoms with E-state index < -0.39 is 0 Å². The zero-order chi connectivity index (χ0) is 29.2. The summed E-state index contributed by atoms with van der Waals surface area (Å²) in [5.74, 6) is 1.79. The first-order chi connectivity index (χ1) is 22.3. The summed E-state index contributed by atoms with van der Waals surface area (Å²) in [6.45, 7) is 0. The molecule has 0 atom stereocenters. The molecule has 0 radical (unpaired) electrons. The summed E-state index contributed by atoms with van der Waals surface area (Å²) in [7, 11) is 0. The molecular weight excluding hydrogens is 556 g/mol. The fraction of sp³-hybridized carbons (Fsp3) is 0. The Morgan fingerprint density at radius 3 is 1.33 bits per heavy atom. The third kappa shape index (κ3) is 2.95. The van der Waals surface area contributed by atoms with Gasteiger partial charge in [0.15, 0.2) is 11.6 Å². The van der Waals surface area contributed by atoms with E-state index in [4.69, 9.17) is 23.8 Å². The van der Waals surface area contributed by atoms with Crippen molar-refractivity contribution in [3.8, 4) is 28.7 Å². The molecule has 0 aliphatic rings. The zero-order valence-electron chi connectivity index (χ0n) is 23.7. The van der Waals surface area contributed by atoms with Crippen molar-refractivity contribution in [3.05, 3.63) is 121 Å². The molecule has 11 rings (SSSR count). The molecule has 0 spiro atoms. The molecule has 6 heteroatoms.